The van der Waals surface area contributed by atoms with Gasteiger partial charge in [0.1, 0.15) is 22.8 Å². The van der Waals surface area contributed by atoms with Gasteiger partial charge in [0.25, 0.3) is 0 Å². The van der Waals surface area contributed by atoms with E-state index in [4.69, 9.17) is 9.47 Å². The molecule has 0 bridgehead atoms. The van der Waals surface area contributed by atoms with Crippen LogP contribution in [0.1, 0.15) is 40.0 Å². The second-order valence-corrected chi connectivity index (χ2v) is 9.67. The molecule has 0 saturated heterocycles. The fourth-order valence-electron chi connectivity index (χ4n) is 5.53. The van der Waals surface area contributed by atoms with E-state index in [2.05, 4.69) is 52.4 Å². The Kier molecular flexibility index (Phi) is 5.84. The summed E-state index contributed by atoms with van der Waals surface area (Å²) in [6.07, 6.45) is 5.23. The summed E-state index contributed by atoms with van der Waals surface area (Å²) in [7, 11) is 3.31. The SMILES string of the molecule is COc1ccc(C(=O)c2c(-c3cccc(OC)c3)c3c4n(c(-c5ccc(C)cc5)cn24)CCCC3)cc1. The third-order valence-corrected chi connectivity index (χ3v) is 7.41. The van der Waals surface area contributed by atoms with Crippen molar-refractivity contribution in [2.75, 3.05) is 14.2 Å². The van der Waals surface area contributed by atoms with Crippen LogP contribution in [0.5, 0.6) is 11.5 Å². The molecular formula is C32H30N2O3. The summed E-state index contributed by atoms with van der Waals surface area (Å²) in [5.74, 6) is 1.50. The Morgan fingerprint density at radius 3 is 2.32 bits per heavy atom. The van der Waals surface area contributed by atoms with Crippen molar-refractivity contribution in [1.29, 1.82) is 0 Å². The van der Waals surface area contributed by atoms with Gasteiger partial charge in [-0.25, -0.2) is 0 Å². The number of imidazole rings is 1. The summed E-state index contributed by atoms with van der Waals surface area (Å²) in [5, 5.41) is 0. The number of methoxy groups -OCH3 is 2. The van der Waals surface area contributed by atoms with Gasteiger partial charge in [-0.1, -0.05) is 42.0 Å². The molecule has 1 aliphatic heterocycles. The smallest absolute Gasteiger partial charge is 0.210 e. The van der Waals surface area contributed by atoms with Gasteiger partial charge in [-0.3, -0.25) is 9.20 Å². The number of carbonyl (C=O) groups is 1. The van der Waals surface area contributed by atoms with E-state index in [-0.39, 0.29) is 5.78 Å². The molecule has 0 unspecified atom stereocenters. The molecular weight excluding hydrogens is 460 g/mol. The quantitative estimate of drug-likeness (QED) is 0.242. The Balaban J connectivity index is 1.65. The van der Waals surface area contributed by atoms with Crippen molar-refractivity contribution < 1.29 is 14.3 Å². The van der Waals surface area contributed by atoms with Gasteiger partial charge >= 0.3 is 0 Å². The number of hydrogen-bond acceptors (Lipinski definition) is 3. The predicted molar refractivity (Wildman–Crippen MR) is 147 cm³/mol. The number of aromatic nitrogens is 2. The van der Waals surface area contributed by atoms with Crippen molar-refractivity contribution in [2.45, 2.75) is 32.7 Å². The van der Waals surface area contributed by atoms with Crippen LogP contribution in [0.25, 0.3) is 28.0 Å². The molecule has 37 heavy (non-hydrogen) atoms. The minimum Gasteiger partial charge on any atom is -0.497 e. The number of nitrogens with zero attached hydrogens (tertiary/aromatic N) is 2. The zero-order valence-corrected chi connectivity index (χ0v) is 21.5. The highest BCUT2D eigenvalue weighted by molar-refractivity contribution is 6.13. The topological polar surface area (TPSA) is 44.9 Å². The molecule has 0 fully saturated rings. The summed E-state index contributed by atoms with van der Waals surface area (Å²) < 4.78 is 15.4. The minimum absolute atomic E-state index is 0.00472. The Hall–Kier alpha value is -4.25. The molecule has 5 nitrogen and oxygen atoms in total. The lowest BCUT2D eigenvalue weighted by Crippen LogP contribution is -2.07. The molecule has 5 aromatic rings. The third-order valence-electron chi connectivity index (χ3n) is 7.41. The van der Waals surface area contributed by atoms with Gasteiger partial charge in [0.05, 0.1) is 19.9 Å². The zero-order valence-electron chi connectivity index (χ0n) is 21.5. The van der Waals surface area contributed by atoms with E-state index in [0.717, 1.165) is 65.3 Å². The van der Waals surface area contributed by atoms with E-state index in [1.54, 1.807) is 14.2 Å². The number of aryl methyl sites for hydroxylation is 3. The van der Waals surface area contributed by atoms with Crippen LogP contribution < -0.4 is 9.47 Å². The van der Waals surface area contributed by atoms with Crippen molar-refractivity contribution in [3.8, 4) is 33.9 Å². The summed E-state index contributed by atoms with van der Waals surface area (Å²) in [5.41, 5.74) is 9.20. The van der Waals surface area contributed by atoms with Gasteiger partial charge in [0.2, 0.25) is 5.78 Å². The van der Waals surface area contributed by atoms with E-state index in [0.29, 0.717) is 11.3 Å². The first kappa shape index (κ1) is 23.2. The summed E-state index contributed by atoms with van der Waals surface area (Å²) in [4.78, 5) is 14.2. The standard InChI is InChI=1S/C32H30N2O3/c1-21-10-12-22(13-11-21)28-20-34-30(31(35)23-14-16-25(36-2)17-15-23)29(24-7-6-8-26(19-24)37-3)27-9-4-5-18-33(28)32(27)34/h6-8,10-17,19-20H,4-5,9,18H2,1-3H3. The second-order valence-electron chi connectivity index (χ2n) is 9.67. The monoisotopic (exact) mass is 490 g/mol. The normalized spacial score (nSPS) is 12.9. The lowest BCUT2D eigenvalue weighted by molar-refractivity contribution is 0.103. The van der Waals surface area contributed by atoms with Crippen LogP contribution in [0.2, 0.25) is 0 Å². The highest BCUT2D eigenvalue weighted by atomic mass is 16.5. The maximum atomic E-state index is 14.2. The summed E-state index contributed by atoms with van der Waals surface area (Å²) in [6, 6.07) is 24.1. The van der Waals surface area contributed by atoms with Crippen molar-refractivity contribution in [1.82, 2.24) is 8.97 Å². The average Bonchev–Trinajstić information content (AvgIpc) is 3.36. The van der Waals surface area contributed by atoms with Gasteiger partial charge in [0.15, 0.2) is 0 Å². The number of ether oxygens (including phenoxy) is 2. The minimum atomic E-state index is -0.00472. The molecule has 3 aromatic carbocycles. The Morgan fingerprint density at radius 2 is 1.59 bits per heavy atom. The molecule has 0 radical (unpaired) electrons. The molecule has 3 heterocycles. The first-order valence-electron chi connectivity index (χ1n) is 12.8. The molecule has 6 rings (SSSR count). The molecule has 1 aliphatic rings. The van der Waals surface area contributed by atoms with Crippen molar-refractivity contribution in [3.05, 3.63) is 101 Å². The van der Waals surface area contributed by atoms with Crippen LogP contribution in [-0.2, 0) is 13.0 Å². The van der Waals surface area contributed by atoms with E-state index >= 15 is 0 Å². The largest absolute Gasteiger partial charge is 0.497 e. The third kappa shape index (κ3) is 3.91. The molecule has 0 amide bonds. The number of carbonyl (C=O) groups excluding carboxylic acids is 1. The van der Waals surface area contributed by atoms with E-state index < -0.39 is 0 Å². The maximum Gasteiger partial charge on any atom is 0.210 e. The summed E-state index contributed by atoms with van der Waals surface area (Å²) >= 11 is 0. The molecule has 0 aliphatic carbocycles. The zero-order chi connectivity index (χ0) is 25.5. The van der Waals surface area contributed by atoms with Gasteiger partial charge in [-0.2, -0.15) is 0 Å². The number of hydrogen-bond donors (Lipinski definition) is 0. The van der Waals surface area contributed by atoms with Crippen molar-refractivity contribution in [3.63, 3.8) is 0 Å². The van der Waals surface area contributed by atoms with Crippen LogP contribution in [0.3, 0.4) is 0 Å². The van der Waals surface area contributed by atoms with Crippen LogP contribution in [0.4, 0.5) is 0 Å². The Labute approximate surface area is 216 Å². The lowest BCUT2D eigenvalue weighted by atomic mass is 9.94. The van der Waals surface area contributed by atoms with Gasteiger partial charge in [0, 0.05) is 29.4 Å². The molecule has 0 spiro atoms. The predicted octanol–water partition coefficient (Wildman–Crippen LogP) is 6.97. The van der Waals surface area contributed by atoms with Gasteiger partial charge in [-0.15, -0.1) is 0 Å². The van der Waals surface area contributed by atoms with Crippen molar-refractivity contribution in [2.24, 2.45) is 0 Å². The molecule has 0 N–H and O–H groups in total. The fourth-order valence-corrected chi connectivity index (χ4v) is 5.53. The highest BCUT2D eigenvalue weighted by Gasteiger charge is 2.30. The molecule has 186 valence electrons. The van der Waals surface area contributed by atoms with E-state index in [9.17, 15) is 4.79 Å². The Morgan fingerprint density at radius 1 is 0.838 bits per heavy atom. The molecule has 2 aromatic heterocycles. The second kappa shape index (κ2) is 9.32. The van der Waals surface area contributed by atoms with Crippen LogP contribution >= 0.6 is 0 Å². The molecule has 0 atom stereocenters. The van der Waals surface area contributed by atoms with E-state index in [1.807, 2.05) is 42.5 Å². The highest BCUT2D eigenvalue weighted by Crippen LogP contribution is 2.41. The number of rotatable bonds is 6. The van der Waals surface area contributed by atoms with Crippen LogP contribution in [-0.4, -0.2) is 29.0 Å². The summed E-state index contributed by atoms with van der Waals surface area (Å²) in [6.45, 7) is 3.02. The molecule has 5 heteroatoms. The number of ketones is 1. The average molecular weight is 491 g/mol. The maximum absolute atomic E-state index is 14.2. The number of benzene rings is 3. The van der Waals surface area contributed by atoms with Gasteiger partial charge < -0.3 is 14.0 Å². The first-order chi connectivity index (χ1) is 18.1. The van der Waals surface area contributed by atoms with E-state index in [1.165, 1.54) is 11.1 Å². The molecule has 0 saturated carbocycles. The van der Waals surface area contributed by atoms with Crippen LogP contribution in [0, 0.1) is 6.92 Å². The lowest BCUT2D eigenvalue weighted by Gasteiger charge is -2.11. The van der Waals surface area contributed by atoms with Crippen molar-refractivity contribution >= 4 is 11.4 Å². The fraction of sp³-hybridized carbons (Fsp3) is 0.219. The van der Waals surface area contributed by atoms with Gasteiger partial charge in [-0.05, 0) is 73.7 Å². The first-order valence-corrected chi connectivity index (χ1v) is 12.8. The van der Waals surface area contributed by atoms with Crippen LogP contribution in [0.15, 0.2) is 79.0 Å². The Bertz CT molecular complexity index is 1610.